The van der Waals surface area contributed by atoms with Gasteiger partial charge in [0.25, 0.3) is 10.0 Å². The maximum Gasteiger partial charge on any atom is 0.264 e. The Kier molecular flexibility index (Phi) is 8.24. The van der Waals surface area contributed by atoms with Crippen LogP contribution in [0.2, 0.25) is 10.0 Å². The van der Waals surface area contributed by atoms with E-state index in [1.807, 2.05) is 49.2 Å². The first-order valence-electron chi connectivity index (χ1n) is 10.3. The maximum absolute atomic E-state index is 13.4. The number of carbonyl (C=O) groups is 1. The molecule has 0 spiro atoms. The summed E-state index contributed by atoms with van der Waals surface area (Å²) < 4.78 is 27.9. The summed E-state index contributed by atoms with van der Waals surface area (Å²) in [6.07, 6.45) is 0. The summed E-state index contributed by atoms with van der Waals surface area (Å²) in [5.74, 6) is -0.441. The molecule has 9 heteroatoms. The van der Waals surface area contributed by atoms with Crippen LogP contribution in [0.4, 0.5) is 11.4 Å². The highest BCUT2D eigenvalue weighted by Crippen LogP contribution is 2.29. The summed E-state index contributed by atoms with van der Waals surface area (Å²) in [5, 5.41) is 3.33. The minimum Gasteiger partial charge on any atom is -0.373 e. The quantitative estimate of drug-likeness (QED) is 0.455. The van der Waals surface area contributed by atoms with Gasteiger partial charge in [-0.1, -0.05) is 59.1 Å². The van der Waals surface area contributed by atoms with Crippen LogP contribution in [0.5, 0.6) is 0 Å². The normalized spacial score (nSPS) is 11.2. The van der Waals surface area contributed by atoms with Crippen molar-refractivity contribution in [2.45, 2.75) is 11.8 Å². The zero-order chi connectivity index (χ0) is 24.0. The lowest BCUT2D eigenvalue weighted by molar-refractivity contribution is -0.119. The van der Waals surface area contributed by atoms with Crippen LogP contribution in [0.15, 0.2) is 77.7 Å². The summed E-state index contributed by atoms with van der Waals surface area (Å²) in [6.45, 7) is 2.36. The number of sulfonamides is 1. The van der Waals surface area contributed by atoms with Crippen molar-refractivity contribution in [1.82, 2.24) is 5.32 Å². The smallest absolute Gasteiger partial charge is 0.264 e. The molecule has 3 aromatic rings. The molecule has 0 saturated carbocycles. The number of hydrogen-bond donors (Lipinski definition) is 1. The average molecular weight is 506 g/mol. The molecule has 33 heavy (non-hydrogen) atoms. The minimum atomic E-state index is -4.04. The van der Waals surface area contributed by atoms with Crippen LogP contribution < -0.4 is 14.5 Å². The van der Waals surface area contributed by atoms with Gasteiger partial charge in [0.2, 0.25) is 5.91 Å². The molecule has 0 aliphatic rings. The second-order valence-corrected chi connectivity index (χ2v) is 10.3. The van der Waals surface area contributed by atoms with Gasteiger partial charge in [-0.05, 0) is 49.4 Å². The number of aryl methyl sites for hydroxylation is 1. The molecule has 0 atom stereocenters. The van der Waals surface area contributed by atoms with E-state index in [-0.39, 0.29) is 20.6 Å². The number of rotatable bonds is 9. The van der Waals surface area contributed by atoms with E-state index in [1.54, 1.807) is 12.1 Å². The van der Waals surface area contributed by atoms with Gasteiger partial charge in [-0.3, -0.25) is 9.10 Å². The summed E-state index contributed by atoms with van der Waals surface area (Å²) in [6, 6.07) is 20.6. The van der Waals surface area contributed by atoms with Gasteiger partial charge < -0.3 is 10.2 Å². The number of para-hydroxylation sites is 1. The largest absolute Gasteiger partial charge is 0.373 e. The zero-order valence-corrected chi connectivity index (χ0v) is 20.7. The highest BCUT2D eigenvalue weighted by molar-refractivity contribution is 7.92. The Morgan fingerprint density at radius 2 is 1.52 bits per heavy atom. The Morgan fingerprint density at radius 3 is 2.12 bits per heavy atom. The SMILES string of the molecule is Cc1ccc(S(=O)(=O)N(CC(=O)NCCN(C)c2ccccc2)c2cc(Cl)cc(Cl)c2)cc1. The fraction of sp³-hybridized carbons (Fsp3) is 0.208. The highest BCUT2D eigenvalue weighted by Gasteiger charge is 2.27. The van der Waals surface area contributed by atoms with Crippen LogP contribution in [0, 0.1) is 6.92 Å². The van der Waals surface area contributed by atoms with Gasteiger partial charge >= 0.3 is 0 Å². The number of benzene rings is 3. The van der Waals surface area contributed by atoms with Crippen molar-refractivity contribution < 1.29 is 13.2 Å². The monoisotopic (exact) mass is 505 g/mol. The van der Waals surface area contributed by atoms with Gasteiger partial charge in [-0.2, -0.15) is 0 Å². The molecule has 3 rings (SSSR count). The number of amides is 1. The van der Waals surface area contributed by atoms with Crippen molar-refractivity contribution in [3.8, 4) is 0 Å². The Balaban J connectivity index is 1.78. The Hall–Kier alpha value is -2.74. The van der Waals surface area contributed by atoms with Crippen molar-refractivity contribution in [3.05, 3.63) is 88.4 Å². The van der Waals surface area contributed by atoms with E-state index >= 15 is 0 Å². The zero-order valence-electron chi connectivity index (χ0n) is 18.3. The molecule has 0 aliphatic carbocycles. The number of halogens is 2. The van der Waals surface area contributed by atoms with Gasteiger partial charge in [0.15, 0.2) is 0 Å². The summed E-state index contributed by atoms with van der Waals surface area (Å²) in [7, 11) is -2.12. The first kappa shape index (κ1) is 24.9. The molecule has 1 amide bonds. The van der Waals surface area contributed by atoms with Crippen LogP contribution in [0.25, 0.3) is 0 Å². The Morgan fingerprint density at radius 1 is 0.909 bits per heavy atom. The second kappa shape index (κ2) is 10.9. The third kappa shape index (κ3) is 6.63. The lowest BCUT2D eigenvalue weighted by Crippen LogP contribution is -2.42. The van der Waals surface area contributed by atoms with Crippen molar-refractivity contribution in [2.24, 2.45) is 0 Å². The van der Waals surface area contributed by atoms with Gasteiger partial charge in [0, 0.05) is 35.9 Å². The molecular formula is C24H25Cl2N3O3S. The molecule has 0 heterocycles. The molecule has 0 saturated heterocycles. The molecule has 6 nitrogen and oxygen atoms in total. The van der Waals surface area contributed by atoms with Crippen molar-refractivity contribution in [2.75, 3.05) is 35.9 Å². The molecule has 1 N–H and O–H groups in total. The number of anilines is 2. The summed E-state index contributed by atoms with van der Waals surface area (Å²) in [5.41, 5.74) is 2.15. The molecule has 3 aromatic carbocycles. The number of likely N-dealkylation sites (N-methyl/N-ethyl adjacent to an activating group) is 1. The van der Waals surface area contributed by atoms with E-state index in [0.29, 0.717) is 13.1 Å². The van der Waals surface area contributed by atoms with Crippen LogP contribution >= 0.6 is 23.2 Å². The average Bonchev–Trinajstić information content (AvgIpc) is 2.77. The highest BCUT2D eigenvalue weighted by atomic mass is 35.5. The molecule has 0 aliphatic heterocycles. The second-order valence-electron chi connectivity index (χ2n) is 7.56. The van der Waals surface area contributed by atoms with Crippen LogP contribution in [-0.2, 0) is 14.8 Å². The molecule has 0 radical (unpaired) electrons. The van der Waals surface area contributed by atoms with Crippen molar-refractivity contribution in [1.29, 1.82) is 0 Å². The predicted molar refractivity (Wildman–Crippen MR) is 135 cm³/mol. The van der Waals surface area contributed by atoms with E-state index in [9.17, 15) is 13.2 Å². The van der Waals surface area contributed by atoms with E-state index < -0.39 is 22.5 Å². The maximum atomic E-state index is 13.4. The lowest BCUT2D eigenvalue weighted by atomic mass is 10.2. The molecule has 174 valence electrons. The van der Waals surface area contributed by atoms with Crippen LogP contribution in [0.3, 0.4) is 0 Å². The third-order valence-electron chi connectivity index (χ3n) is 5.00. The van der Waals surface area contributed by atoms with Gasteiger partial charge in [0.1, 0.15) is 6.54 Å². The van der Waals surface area contributed by atoms with E-state index in [2.05, 4.69) is 5.32 Å². The number of hydrogen-bond acceptors (Lipinski definition) is 4. The number of nitrogens with zero attached hydrogens (tertiary/aromatic N) is 2. The van der Waals surface area contributed by atoms with E-state index in [4.69, 9.17) is 23.2 Å². The number of nitrogens with one attached hydrogen (secondary N) is 1. The van der Waals surface area contributed by atoms with Crippen LogP contribution in [-0.4, -0.2) is 41.0 Å². The third-order valence-corrected chi connectivity index (χ3v) is 7.22. The Labute approximate surface area is 204 Å². The van der Waals surface area contributed by atoms with Crippen molar-refractivity contribution in [3.63, 3.8) is 0 Å². The topological polar surface area (TPSA) is 69.7 Å². The first-order chi connectivity index (χ1) is 15.7. The fourth-order valence-corrected chi connectivity index (χ4v) is 5.12. The molecular weight excluding hydrogens is 481 g/mol. The fourth-order valence-electron chi connectivity index (χ4n) is 3.20. The van der Waals surface area contributed by atoms with Gasteiger partial charge in [0.05, 0.1) is 10.6 Å². The molecule has 0 unspecified atom stereocenters. The molecule has 0 fully saturated rings. The minimum absolute atomic E-state index is 0.0702. The van der Waals surface area contributed by atoms with Crippen molar-refractivity contribution >= 4 is 50.5 Å². The van der Waals surface area contributed by atoms with Crippen LogP contribution in [0.1, 0.15) is 5.56 Å². The standard InChI is InChI=1S/C24H25Cl2N3O3S/c1-18-8-10-23(11-9-18)33(31,32)29(22-15-19(25)14-20(26)16-22)17-24(30)27-12-13-28(2)21-6-4-3-5-7-21/h3-11,14-16H,12-13,17H2,1-2H3,(H,27,30). The van der Waals surface area contributed by atoms with E-state index in [1.165, 1.54) is 30.3 Å². The lowest BCUT2D eigenvalue weighted by Gasteiger charge is -2.25. The predicted octanol–water partition coefficient (Wildman–Crippen LogP) is 4.75. The summed E-state index contributed by atoms with van der Waals surface area (Å²) in [4.78, 5) is 14.8. The summed E-state index contributed by atoms with van der Waals surface area (Å²) >= 11 is 12.2. The molecule has 0 aromatic heterocycles. The van der Waals surface area contributed by atoms with Gasteiger partial charge in [-0.15, -0.1) is 0 Å². The molecule has 0 bridgehead atoms. The van der Waals surface area contributed by atoms with Gasteiger partial charge in [-0.25, -0.2) is 8.42 Å². The first-order valence-corrected chi connectivity index (χ1v) is 12.4. The van der Waals surface area contributed by atoms with E-state index in [0.717, 1.165) is 15.6 Å². The number of carbonyl (C=O) groups excluding carboxylic acids is 1. The Bertz CT molecular complexity index is 1180.